The van der Waals surface area contributed by atoms with Crippen LogP contribution in [0.25, 0.3) is 0 Å². The lowest BCUT2D eigenvalue weighted by molar-refractivity contribution is 0.229. The van der Waals surface area contributed by atoms with Gasteiger partial charge in [-0.05, 0) is 37.1 Å². The molecule has 0 amide bonds. The summed E-state index contributed by atoms with van der Waals surface area (Å²) >= 11 is 0. The molecular weight excluding hydrogens is 206 g/mol. The molecule has 0 heterocycles. The zero-order chi connectivity index (χ0) is 12.6. The van der Waals surface area contributed by atoms with Gasteiger partial charge in [-0.3, -0.25) is 0 Å². The third-order valence-electron chi connectivity index (χ3n) is 4.44. The molecule has 0 saturated heterocycles. The fourth-order valence-corrected chi connectivity index (χ4v) is 2.94. The van der Waals surface area contributed by atoms with Crippen LogP contribution in [0.4, 0.5) is 0 Å². The second-order valence-electron chi connectivity index (χ2n) is 6.23. The van der Waals surface area contributed by atoms with E-state index in [2.05, 4.69) is 26.1 Å². The standard InChI is InChI=1S/C16H33N/c1-4-6-7-8-9-10-13-16(3,14-17-5-2)15-11-12-15/h15,17H,4-14H2,1-3H3. The van der Waals surface area contributed by atoms with E-state index in [1.54, 1.807) is 0 Å². The van der Waals surface area contributed by atoms with E-state index >= 15 is 0 Å². The van der Waals surface area contributed by atoms with Gasteiger partial charge in [0.15, 0.2) is 0 Å². The number of hydrogen-bond acceptors (Lipinski definition) is 1. The first-order valence-electron chi connectivity index (χ1n) is 7.93. The van der Waals surface area contributed by atoms with E-state index in [9.17, 15) is 0 Å². The average Bonchev–Trinajstić information content (AvgIpc) is 3.15. The Hall–Kier alpha value is -0.0400. The second kappa shape index (κ2) is 8.13. The minimum atomic E-state index is 0.598. The molecule has 1 N–H and O–H groups in total. The Morgan fingerprint density at radius 2 is 1.65 bits per heavy atom. The molecule has 1 saturated carbocycles. The molecule has 0 radical (unpaired) electrons. The van der Waals surface area contributed by atoms with E-state index < -0.39 is 0 Å². The van der Waals surface area contributed by atoms with Crippen LogP contribution >= 0.6 is 0 Å². The van der Waals surface area contributed by atoms with Gasteiger partial charge < -0.3 is 5.32 Å². The van der Waals surface area contributed by atoms with Crippen molar-refractivity contribution in [2.75, 3.05) is 13.1 Å². The molecule has 1 fully saturated rings. The summed E-state index contributed by atoms with van der Waals surface area (Å²) in [7, 11) is 0. The third-order valence-corrected chi connectivity index (χ3v) is 4.44. The Morgan fingerprint density at radius 1 is 1.00 bits per heavy atom. The van der Waals surface area contributed by atoms with Crippen molar-refractivity contribution in [3.05, 3.63) is 0 Å². The van der Waals surface area contributed by atoms with Gasteiger partial charge in [0.2, 0.25) is 0 Å². The zero-order valence-corrected chi connectivity index (χ0v) is 12.4. The largest absolute Gasteiger partial charge is 0.316 e. The van der Waals surface area contributed by atoms with Crippen molar-refractivity contribution in [2.45, 2.75) is 78.6 Å². The van der Waals surface area contributed by atoms with Gasteiger partial charge in [-0.1, -0.05) is 59.3 Å². The van der Waals surface area contributed by atoms with Crippen molar-refractivity contribution in [1.82, 2.24) is 5.32 Å². The smallest absolute Gasteiger partial charge is 0.000770 e. The molecule has 1 unspecified atom stereocenters. The highest BCUT2D eigenvalue weighted by Crippen LogP contribution is 2.48. The van der Waals surface area contributed by atoms with Crippen molar-refractivity contribution in [2.24, 2.45) is 11.3 Å². The minimum Gasteiger partial charge on any atom is -0.316 e. The molecule has 0 aromatic rings. The predicted octanol–water partition coefficient (Wildman–Crippen LogP) is 4.76. The maximum Gasteiger partial charge on any atom is 0.000770 e. The molecule has 0 spiro atoms. The highest BCUT2D eigenvalue weighted by molar-refractivity contribution is 4.92. The summed E-state index contributed by atoms with van der Waals surface area (Å²) in [5, 5.41) is 3.57. The van der Waals surface area contributed by atoms with Gasteiger partial charge in [-0.2, -0.15) is 0 Å². The Morgan fingerprint density at radius 3 is 2.24 bits per heavy atom. The van der Waals surface area contributed by atoms with Crippen LogP contribution in [-0.4, -0.2) is 13.1 Å². The molecule has 0 aliphatic heterocycles. The highest BCUT2D eigenvalue weighted by atomic mass is 14.9. The maximum atomic E-state index is 3.57. The molecular formula is C16H33N. The number of hydrogen-bond donors (Lipinski definition) is 1. The lowest BCUT2D eigenvalue weighted by Gasteiger charge is -2.30. The Labute approximate surface area is 109 Å². The van der Waals surface area contributed by atoms with Gasteiger partial charge in [0.25, 0.3) is 0 Å². The van der Waals surface area contributed by atoms with E-state index in [0.29, 0.717) is 5.41 Å². The summed E-state index contributed by atoms with van der Waals surface area (Å²) in [5.41, 5.74) is 0.598. The van der Waals surface area contributed by atoms with Crippen LogP contribution in [0, 0.1) is 11.3 Å². The van der Waals surface area contributed by atoms with Crippen molar-refractivity contribution >= 4 is 0 Å². The van der Waals surface area contributed by atoms with Gasteiger partial charge >= 0.3 is 0 Å². The maximum absolute atomic E-state index is 3.57. The van der Waals surface area contributed by atoms with E-state index in [-0.39, 0.29) is 0 Å². The Kier molecular flexibility index (Phi) is 7.18. The average molecular weight is 239 g/mol. The molecule has 17 heavy (non-hydrogen) atoms. The first-order chi connectivity index (χ1) is 8.23. The van der Waals surface area contributed by atoms with Crippen molar-refractivity contribution in [1.29, 1.82) is 0 Å². The van der Waals surface area contributed by atoms with E-state index in [0.717, 1.165) is 12.5 Å². The van der Waals surface area contributed by atoms with Crippen LogP contribution in [0.5, 0.6) is 0 Å². The molecule has 1 heteroatoms. The SMILES string of the molecule is CCCCCCCCC(C)(CNCC)C1CC1. The fourth-order valence-electron chi connectivity index (χ4n) is 2.94. The van der Waals surface area contributed by atoms with E-state index in [1.165, 1.54) is 64.3 Å². The fraction of sp³-hybridized carbons (Fsp3) is 1.00. The lowest BCUT2D eigenvalue weighted by atomic mass is 9.79. The van der Waals surface area contributed by atoms with Crippen LogP contribution in [0.15, 0.2) is 0 Å². The normalized spacial score (nSPS) is 19.2. The molecule has 1 atom stereocenters. The number of nitrogens with one attached hydrogen (secondary N) is 1. The Balaban J connectivity index is 2.11. The monoisotopic (exact) mass is 239 g/mol. The minimum absolute atomic E-state index is 0.598. The van der Waals surface area contributed by atoms with E-state index in [4.69, 9.17) is 0 Å². The molecule has 0 bridgehead atoms. The van der Waals surface area contributed by atoms with Crippen LogP contribution in [0.2, 0.25) is 0 Å². The van der Waals surface area contributed by atoms with Gasteiger partial charge in [0, 0.05) is 6.54 Å². The predicted molar refractivity (Wildman–Crippen MR) is 77.4 cm³/mol. The van der Waals surface area contributed by atoms with E-state index in [1.807, 2.05) is 0 Å². The molecule has 0 aromatic heterocycles. The van der Waals surface area contributed by atoms with Crippen molar-refractivity contribution in [3.8, 4) is 0 Å². The summed E-state index contributed by atoms with van der Waals surface area (Å²) in [6.07, 6.45) is 13.0. The van der Waals surface area contributed by atoms with Crippen molar-refractivity contribution < 1.29 is 0 Å². The zero-order valence-electron chi connectivity index (χ0n) is 12.4. The summed E-state index contributed by atoms with van der Waals surface area (Å²) in [6.45, 7) is 9.39. The van der Waals surface area contributed by atoms with Crippen LogP contribution in [-0.2, 0) is 0 Å². The topological polar surface area (TPSA) is 12.0 Å². The van der Waals surface area contributed by atoms with Crippen LogP contribution in [0.3, 0.4) is 0 Å². The second-order valence-corrected chi connectivity index (χ2v) is 6.23. The van der Waals surface area contributed by atoms with Gasteiger partial charge in [-0.15, -0.1) is 0 Å². The lowest BCUT2D eigenvalue weighted by Crippen LogP contribution is -2.33. The summed E-state index contributed by atoms with van der Waals surface area (Å²) in [5.74, 6) is 1.03. The van der Waals surface area contributed by atoms with Gasteiger partial charge in [0.1, 0.15) is 0 Å². The molecule has 1 aliphatic rings. The Bertz CT molecular complexity index is 186. The summed E-state index contributed by atoms with van der Waals surface area (Å²) in [4.78, 5) is 0. The van der Waals surface area contributed by atoms with Crippen molar-refractivity contribution in [3.63, 3.8) is 0 Å². The van der Waals surface area contributed by atoms with Crippen LogP contribution < -0.4 is 5.32 Å². The molecule has 102 valence electrons. The van der Waals surface area contributed by atoms with Crippen LogP contribution in [0.1, 0.15) is 78.6 Å². The van der Waals surface area contributed by atoms with Gasteiger partial charge in [0.05, 0.1) is 0 Å². The molecule has 1 rings (SSSR count). The molecule has 1 nitrogen and oxygen atoms in total. The number of rotatable bonds is 11. The third kappa shape index (κ3) is 5.90. The summed E-state index contributed by atoms with van der Waals surface area (Å²) in [6, 6.07) is 0. The summed E-state index contributed by atoms with van der Waals surface area (Å²) < 4.78 is 0. The molecule has 0 aromatic carbocycles. The first-order valence-corrected chi connectivity index (χ1v) is 7.93. The highest BCUT2D eigenvalue weighted by Gasteiger charge is 2.40. The quantitative estimate of drug-likeness (QED) is 0.512. The van der Waals surface area contributed by atoms with Gasteiger partial charge in [-0.25, -0.2) is 0 Å². The first kappa shape index (κ1) is 15.0. The number of unbranched alkanes of at least 4 members (excludes halogenated alkanes) is 5. The molecule has 1 aliphatic carbocycles.